The molecule has 0 saturated carbocycles. The van der Waals surface area contributed by atoms with Gasteiger partial charge in [0.2, 0.25) is 0 Å². The Morgan fingerprint density at radius 2 is 1.72 bits per heavy atom. The maximum atomic E-state index is 12.4. The van der Waals surface area contributed by atoms with Crippen LogP contribution in [0.5, 0.6) is 0 Å². The molecule has 2 N–H and O–H groups in total. The molecule has 29 heavy (non-hydrogen) atoms. The van der Waals surface area contributed by atoms with Crippen LogP contribution >= 0.6 is 46.8 Å². The molecule has 0 radical (unpaired) electrons. The van der Waals surface area contributed by atoms with E-state index in [1.165, 1.54) is 11.3 Å². The lowest BCUT2D eigenvalue weighted by molar-refractivity contribution is 0.0977. The van der Waals surface area contributed by atoms with Crippen molar-refractivity contribution in [2.24, 2.45) is 0 Å². The maximum Gasteiger partial charge on any atom is 0.257 e. The highest BCUT2D eigenvalue weighted by atomic mass is 35.5. The third-order valence-electron chi connectivity index (χ3n) is 4.08. The lowest BCUT2D eigenvalue weighted by Crippen LogP contribution is -2.34. The van der Waals surface area contributed by atoms with Gasteiger partial charge in [0.25, 0.3) is 5.91 Å². The topological polar surface area (TPSA) is 54.0 Å². The van der Waals surface area contributed by atoms with E-state index in [9.17, 15) is 4.79 Å². The summed E-state index contributed by atoms with van der Waals surface area (Å²) in [6, 6.07) is 20.1. The van der Waals surface area contributed by atoms with E-state index in [0.29, 0.717) is 26.9 Å². The molecule has 0 unspecified atom stereocenters. The Hall–Kier alpha value is -2.51. The largest absolute Gasteiger partial charge is 0.331 e. The molecule has 0 aliphatic carbocycles. The van der Waals surface area contributed by atoms with Crippen molar-refractivity contribution in [2.75, 3.05) is 5.32 Å². The molecular formula is C21H13Cl2N3OS2. The van der Waals surface area contributed by atoms with Crippen LogP contribution in [0, 0.1) is 0 Å². The smallest absolute Gasteiger partial charge is 0.257 e. The van der Waals surface area contributed by atoms with Crippen LogP contribution in [-0.4, -0.2) is 16.0 Å². The summed E-state index contributed by atoms with van der Waals surface area (Å²) in [5, 5.41) is 7.42. The van der Waals surface area contributed by atoms with Crippen molar-refractivity contribution in [1.82, 2.24) is 10.3 Å². The summed E-state index contributed by atoms with van der Waals surface area (Å²) in [5.41, 5.74) is 2.63. The van der Waals surface area contributed by atoms with Crippen LogP contribution in [0.25, 0.3) is 20.8 Å². The van der Waals surface area contributed by atoms with Gasteiger partial charge in [-0.05, 0) is 48.6 Å². The Labute approximate surface area is 186 Å². The molecule has 0 bridgehead atoms. The summed E-state index contributed by atoms with van der Waals surface area (Å²) in [7, 11) is 0. The number of hydrogen-bond donors (Lipinski definition) is 2. The summed E-state index contributed by atoms with van der Waals surface area (Å²) >= 11 is 19.5. The van der Waals surface area contributed by atoms with Crippen molar-refractivity contribution in [2.45, 2.75) is 0 Å². The minimum Gasteiger partial charge on any atom is -0.331 e. The van der Waals surface area contributed by atoms with Gasteiger partial charge < -0.3 is 5.32 Å². The van der Waals surface area contributed by atoms with Gasteiger partial charge >= 0.3 is 0 Å². The lowest BCUT2D eigenvalue weighted by Gasteiger charge is -2.14. The third kappa shape index (κ3) is 4.41. The highest BCUT2D eigenvalue weighted by molar-refractivity contribution is 7.80. The van der Waals surface area contributed by atoms with Gasteiger partial charge in [0, 0.05) is 16.1 Å². The molecule has 4 nitrogen and oxygen atoms in total. The van der Waals surface area contributed by atoms with Crippen molar-refractivity contribution in [3.8, 4) is 10.6 Å². The van der Waals surface area contributed by atoms with E-state index in [-0.39, 0.29) is 11.0 Å². The predicted molar refractivity (Wildman–Crippen MR) is 125 cm³/mol. The third-order valence-corrected chi connectivity index (χ3v) is 5.87. The Morgan fingerprint density at radius 1 is 1.00 bits per heavy atom. The molecule has 3 aromatic carbocycles. The number of rotatable bonds is 3. The number of amides is 1. The molecule has 4 rings (SSSR count). The summed E-state index contributed by atoms with van der Waals surface area (Å²) in [4.78, 5) is 17.0. The van der Waals surface area contributed by atoms with Crippen LogP contribution in [0.3, 0.4) is 0 Å². The van der Waals surface area contributed by atoms with Crippen LogP contribution in [0.1, 0.15) is 10.4 Å². The number of aromatic nitrogens is 1. The predicted octanol–water partition coefficient (Wildman–Crippen LogP) is 6.40. The molecule has 0 fully saturated rings. The van der Waals surface area contributed by atoms with E-state index in [1.807, 2.05) is 30.3 Å². The Kier molecular flexibility index (Phi) is 5.78. The van der Waals surface area contributed by atoms with E-state index in [4.69, 9.17) is 35.4 Å². The molecule has 8 heteroatoms. The SMILES string of the molecule is O=C(NC(=S)Nc1c(Cl)cc(Cl)cc1-c1nc2ccccc2s1)c1ccccc1. The first kappa shape index (κ1) is 19.8. The Morgan fingerprint density at radius 3 is 2.48 bits per heavy atom. The quantitative estimate of drug-likeness (QED) is 0.349. The van der Waals surface area contributed by atoms with Crippen LogP contribution in [0.2, 0.25) is 10.0 Å². The number of thiazole rings is 1. The number of nitrogens with zero attached hydrogens (tertiary/aromatic N) is 1. The molecule has 1 heterocycles. The molecule has 0 atom stereocenters. The number of anilines is 1. The zero-order chi connectivity index (χ0) is 20.4. The summed E-state index contributed by atoms with van der Waals surface area (Å²) in [5.74, 6) is -0.310. The van der Waals surface area contributed by atoms with E-state index in [0.717, 1.165) is 15.2 Å². The highest BCUT2D eigenvalue weighted by Crippen LogP contribution is 2.40. The Balaban J connectivity index is 1.65. The van der Waals surface area contributed by atoms with E-state index >= 15 is 0 Å². The summed E-state index contributed by atoms with van der Waals surface area (Å²) in [6.45, 7) is 0. The van der Waals surface area contributed by atoms with Gasteiger partial charge in [0.15, 0.2) is 5.11 Å². The molecule has 1 aromatic heterocycles. The zero-order valence-electron chi connectivity index (χ0n) is 14.8. The van der Waals surface area contributed by atoms with Crippen molar-refractivity contribution >= 4 is 73.7 Å². The van der Waals surface area contributed by atoms with Crippen molar-refractivity contribution in [3.05, 3.63) is 82.3 Å². The number of carbonyl (C=O) groups excluding carboxylic acids is 1. The fourth-order valence-corrected chi connectivity index (χ4v) is 4.49. The molecular weight excluding hydrogens is 445 g/mol. The molecule has 0 aliphatic heterocycles. The zero-order valence-corrected chi connectivity index (χ0v) is 17.9. The van der Waals surface area contributed by atoms with E-state index in [1.54, 1.807) is 36.4 Å². The standard InChI is InChI=1S/C21H13Cl2N3OS2/c22-13-10-14(20-24-16-8-4-5-9-17(16)29-20)18(15(23)11-13)25-21(28)26-19(27)12-6-2-1-3-7-12/h1-11H,(H2,25,26,27,28). The van der Waals surface area contributed by atoms with E-state index < -0.39 is 0 Å². The van der Waals surface area contributed by atoms with Gasteiger partial charge in [-0.15, -0.1) is 11.3 Å². The first-order valence-electron chi connectivity index (χ1n) is 8.53. The van der Waals surface area contributed by atoms with E-state index in [2.05, 4.69) is 15.6 Å². The van der Waals surface area contributed by atoms with Crippen LogP contribution in [0.4, 0.5) is 5.69 Å². The van der Waals surface area contributed by atoms with Gasteiger partial charge in [-0.1, -0.05) is 53.5 Å². The molecule has 0 aliphatic rings. The number of halogens is 2. The number of fused-ring (bicyclic) bond motifs is 1. The van der Waals surface area contributed by atoms with Gasteiger partial charge in [-0.2, -0.15) is 0 Å². The van der Waals surface area contributed by atoms with Crippen LogP contribution in [0.15, 0.2) is 66.7 Å². The molecule has 4 aromatic rings. The fourth-order valence-electron chi connectivity index (χ4n) is 2.77. The number of nitrogens with one attached hydrogen (secondary N) is 2. The molecule has 0 saturated heterocycles. The van der Waals surface area contributed by atoms with Gasteiger partial charge in [-0.3, -0.25) is 10.1 Å². The second-order valence-corrected chi connectivity index (χ2v) is 8.35. The van der Waals surface area contributed by atoms with Crippen LogP contribution < -0.4 is 10.6 Å². The summed E-state index contributed by atoms with van der Waals surface area (Å²) < 4.78 is 1.05. The first-order chi connectivity index (χ1) is 14.0. The highest BCUT2D eigenvalue weighted by Gasteiger charge is 2.17. The first-order valence-corrected chi connectivity index (χ1v) is 10.5. The second-order valence-electron chi connectivity index (χ2n) is 6.07. The molecule has 0 spiro atoms. The van der Waals surface area contributed by atoms with Crippen molar-refractivity contribution in [3.63, 3.8) is 0 Å². The number of para-hydroxylation sites is 1. The molecule has 1 amide bonds. The average Bonchev–Trinajstić information content (AvgIpc) is 3.14. The molecule has 144 valence electrons. The fraction of sp³-hybridized carbons (Fsp3) is 0. The summed E-state index contributed by atoms with van der Waals surface area (Å²) in [6.07, 6.45) is 0. The van der Waals surface area contributed by atoms with Crippen molar-refractivity contribution in [1.29, 1.82) is 0 Å². The minimum absolute atomic E-state index is 0.130. The van der Waals surface area contributed by atoms with Gasteiger partial charge in [0.05, 0.1) is 20.9 Å². The second kappa shape index (κ2) is 8.47. The van der Waals surface area contributed by atoms with Gasteiger partial charge in [0.1, 0.15) is 5.01 Å². The monoisotopic (exact) mass is 457 g/mol. The lowest BCUT2D eigenvalue weighted by atomic mass is 10.2. The van der Waals surface area contributed by atoms with Crippen LogP contribution in [-0.2, 0) is 0 Å². The number of carbonyl (C=O) groups is 1. The maximum absolute atomic E-state index is 12.4. The Bertz CT molecular complexity index is 1190. The number of benzene rings is 3. The van der Waals surface area contributed by atoms with Gasteiger partial charge in [-0.25, -0.2) is 4.98 Å². The average molecular weight is 458 g/mol. The minimum atomic E-state index is -0.310. The normalized spacial score (nSPS) is 10.7. The van der Waals surface area contributed by atoms with Crippen molar-refractivity contribution < 1.29 is 4.79 Å². The number of thiocarbonyl (C=S) groups is 1. The number of hydrogen-bond acceptors (Lipinski definition) is 4.